The molecule has 0 heterocycles. The van der Waals surface area contributed by atoms with E-state index in [0.29, 0.717) is 0 Å². The number of benzene rings is 9. The monoisotopic (exact) mass is 796 g/mol. The molecule has 0 fully saturated rings. The SMILES string of the molecule is Cc1ccccc1-c1ccc(N(c2ccccc2)c2ccccc2-c2ccc(-c3ccccc3N(c3ccccc3)c3ccc(-c4cccc5c4CCC=C5)cc3)cc2)cc1C. The summed E-state index contributed by atoms with van der Waals surface area (Å²) in [6.45, 7) is 4.41. The third-order valence-electron chi connectivity index (χ3n) is 12.2. The highest BCUT2D eigenvalue weighted by Gasteiger charge is 2.21. The molecular weight excluding hydrogens is 749 g/mol. The van der Waals surface area contributed by atoms with E-state index in [-0.39, 0.29) is 0 Å². The largest absolute Gasteiger partial charge is 0.310 e. The van der Waals surface area contributed by atoms with Crippen molar-refractivity contribution in [3.63, 3.8) is 0 Å². The highest BCUT2D eigenvalue weighted by molar-refractivity contribution is 5.92. The first-order chi connectivity index (χ1) is 30.6. The van der Waals surface area contributed by atoms with Crippen LogP contribution in [0.15, 0.2) is 224 Å². The van der Waals surface area contributed by atoms with Crippen LogP contribution in [0.25, 0.3) is 50.6 Å². The van der Waals surface area contributed by atoms with E-state index in [2.05, 4.69) is 254 Å². The van der Waals surface area contributed by atoms with E-state index in [1.807, 2.05) is 0 Å². The van der Waals surface area contributed by atoms with Crippen molar-refractivity contribution in [1.29, 1.82) is 0 Å². The second-order valence-corrected chi connectivity index (χ2v) is 16.1. The summed E-state index contributed by atoms with van der Waals surface area (Å²) in [5.41, 5.74) is 21.8. The van der Waals surface area contributed by atoms with Crippen LogP contribution in [0.5, 0.6) is 0 Å². The van der Waals surface area contributed by atoms with Crippen LogP contribution >= 0.6 is 0 Å². The summed E-state index contributed by atoms with van der Waals surface area (Å²) >= 11 is 0. The summed E-state index contributed by atoms with van der Waals surface area (Å²) in [6.07, 6.45) is 6.71. The van der Waals surface area contributed by atoms with Crippen molar-refractivity contribution in [1.82, 2.24) is 0 Å². The van der Waals surface area contributed by atoms with Gasteiger partial charge in [-0.15, -0.1) is 0 Å². The summed E-state index contributed by atoms with van der Waals surface area (Å²) in [5.74, 6) is 0. The predicted molar refractivity (Wildman–Crippen MR) is 264 cm³/mol. The Balaban J connectivity index is 1.01. The molecule has 0 unspecified atom stereocenters. The lowest BCUT2D eigenvalue weighted by atomic mass is 9.89. The Morgan fingerprint density at radius 2 is 0.790 bits per heavy atom. The number of fused-ring (bicyclic) bond motifs is 1. The molecule has 0 aliphatic heterocycles. The zero-order valence-electron chi connectivity index (χ0n) is 35.2. The van der Waals surface area contributed by atoms with Crippen LogP contribution in [0.2, 0.25) is 0 Å². The maximum Gasteiger partial charge on any atom is 0.0540 e. The van der Waals surface area contributed by atoms with E-state index in [1.165, 1.54) is 55.6 Å². The Hall–Kier alpha value is -7.68. The standard InChI is InChI=1S/C60H48N2/c1-43-18-9-11-25-53(43)54-41-40-52(42-44(54)2)62(50-23-7-4-8-24-50)60-31-16-14-28-58(60)48-34-32-47(33-35-48)57-27-13-15-30-59(57)61(49-21-5-3-6-22-49)51-38-36-46(37-39-51)56-29-17-20-45-19-10-12-26-55(45)56/h3-11,13-25,27-42H,12,26H2,1-2H3. The number of para-hydroxylation sites is 4. The molecule has 9 aromatic rings. The van der Waals surface area contributed by atoms with Crippen LogP contribution in [0.3, 0.4) is 0 Å². The molecule has 0 atom stereocenters. The second kappa shape index (κ2) is 17.1. The molecule has 2 heteroatoms. The Bertz CT molecular complexity index is 3020. The van der Waals surface area contributed by atoms with Gasteiger partial charge in [-0.3, -0.25) is 0 Å². The first-order valence-corrected chi connectivity index (χ1v) is 21.7. The van der Waals surface area contributed by atoms with Crippen molar-refractivity contribution in [3.8, 4) is 44.5 Å². The molecule has 2 nitrogen and oxygen atoms in total. The lowest BCUT2D eigenvalue weighted by Crippen LogP contribution is -2.11. The smallest absolute Gasteiger partial charge is 0.0540 e. The molecule has 0 amide bonds. The highest BCUT2D eigenvalue weighted by Crippen LogP contribution is 2.45. The average Bonchev–Trinajstić information content (AvgIpc) is 3.33. The normalized spacial score (nSPS) is 11.8. The molecule has 0 saturated carbocycles. The number of hydrogen-bond donors (Lipinski definition) is 0. The molecule has 62 heavy (non-hydrogen) atoms. The van der Waals surface area contributed by atoms with Gasteiger partial charge < -0.3 is 9.80 Å². The lowest BCUT2D eigenvalue weighted by Gasteiger charge is -2.29. The van der Waals surface area contributed by atoms with E-state index in [4.69, 9.17) is 0 Å². The molecule has 0 saturated heterocycles. The van der Waals surface area contributed by atoms with E-state index in [1.54, 1.807) is 0 Å². The highest BCUT2D eigenvalue weighted by atomic mass is 15.1. The Kier molecular flexibility index (Phi) is 10.6. The van der Waals surface area contributed by atoms with Crippen molar-refractivity contribution in [2.24, 2.45) is 0 Å². The van der Waals surface area contributed by atoms with Crippen LogP contribution in [-0.4, -0.2) is 0 Å². The molecule has 298 valence electrons. The fraction of sp³-hybridized carbons (Fsp3) is 0.0667. The Morgan fingerprint density at radius 1 is 0.339 bits per heavy atom. The third-order valence-corrected chi connectivity index (χ3v) is 12.2. The minimum Gasteiger partial charge on any atom is -0.310 e. The van der Waals surface area contributed by atoms with Crippen molar-refractivity contribution in [3.05, 3.63) is 247 Å². The second-order valence-electron chi connectivity index (χ2n) is 16.1. The van der Waals surface area contributed by atoms with Gasteiger partial charge in [-0.1, -0.05) is 170 Å². The predicted octanol–water partition coefficient (Wildman–Crippen LogP) is 16.9. The molecule has 0 aromatic heterocycles. The number of nitrogens with zero attached hydrogens (tertiary/aromatic N) is 2. The molecule has 0 N–H and O–H groups in total. The number of hydrogen-bond acceptors (Lipinski definition) is 2. The first kappa shape index (κ1) is 38.5. The number of rotatable bonds is 10. The minimum absolute atomic E-state index is 1.07. The van der Waals surface area contributed by atoms with Gasteiger partial charge in [0.1, 0.15) is 0 Å². The Labute approximate surface area is 366 Å². The maximum absolute atomic E-state index is 2.39. The quantitative estimate of drug-likeness (QED) is 0.136. The summed E-state index contributed by atoms with van der Waals surface area (Å²) < 4.78 is 0. The van der Waals surface area contributed by atoms with Gasteiger partial charge in [-0.25, -0.2) is 0 Å². The molecule has 0 spiro atoms. The van der Waals surface area contributed by atoms with Crippen molar-refractivity contribution in [2.45, 2.75) is 26.7 Å². The van der Waals surface area contributed by atoms with E-state index >= 15 is 0 Å². The summed E-state index contributed by atoms with van der Waals surface area (Å²) in [5, 5.41) is 0. The summed E-state index contributed by atoms with van der Waals surface area (Å²) in [4.78, 5) is 4.77. The van der Waals surface area contributed by atoms with E-state index in [9.17, 15) is 0 Å². The van der Waals surface area contributed by atoms with Gasteiger partial charge in [0, 0.05) is 33.9 Å². The van der Waals surface area contributed by atoms with Gasteiger partial charge in [-0.2, -0.15) is 0 Å². The van der Waals surface area contributed by atoms with Gasteiger partial charge in [-0.05, 0) is 143 Å². The molecule has 0 bridgehead atoms. The zero-order valence-corrected chi connectivity index (χ0v) is 35.2. The van der Waals surface area contributed by atoms with Gasteiger partial charge in [0.2, 0.25) is 0 Å². The molecule has 9 aromatic carbocycles. The van der Waals surface area contributed by atoms with Crippen LogP contribution < -0.4 is 9.80 Å². The van der Waals surface area contributed by atoms with Gasteiger partial charge in [0.05, 0.1) is 11.4 Å². The first-order valence-electron chi connectivity index (χ1n) is 21.7. The molecule has 0 radical (unpaired) electrons. The summed E-state index contributed by atoms with van der Waals surface area (Å²) in [7, 11) is 0. The molecule has 1 aliphatic carbocycles. The minimum atomic E-state index is 1.07. The maximum atomic E-state index is 2.39. The number of aryl methyl sites for hydroxylation is 2. The molecular formula is C60H48N2. The molecule has 10 rings (SSSR count). The fourth-order valence-corrected chi connectivity index (χ4v) is 9.17. The third kappa shape index (κ3) is 7.53. The summed E-state index contributed by atoms with van der Waals surface area (Å²) in [6, 6.07) is 79.3. The van der Waals surface area contributed by atoms with Gasteiger partial charge in [0.15, 0.2) is 0 Å². The van der Waals surface area contributed by atoms with Gasteiger partial charge in [0.25, 0.3) is 0 Å². The molecule has 1 aliphatic rings. The average molecular weight is 797 g/mol. The van der Waals surface area contributed by atoms with Crippen molar-refractivity contribution in [2.75, 3.05) is 9.80 Å². The fourth-order valence-electron chi connectivity index (χ4n) is 9.17. The number of allylic oxidation sites excluding steroid dienone is 1. The van der Waals surface area contributed by atoms with Crippen LogP contribution in [0.1, 0.15) is 28.7 Å². The van der Waals surface area contributed by atoms with E-state index in [0.717, 1.165) is 58.1 Å². The topological polar surface area (TPSA) is 6.48 Å². The van der Waals surface area contributed by atoms with Crippen LogP contribution in [0, 0.1) is 13.8 Å². The van der Waals surface area contributed by atoms with Crippen LogP contribution in [-0.2, 0) is 6.42 Å². The van der Waals surface area contributed by atoms with E-state index < -0.39 is 0 Å². The van der Waals surface area contributed by atoms with Crippen molar-refractivity contribution < 1.29 is 0 Å². The lowest BCUT2D eigenvalue weighted by molar-refractivity contribution is 0.988. The van der Waals surface area contributed by atoms with Crippen LogP contribution in [0.4, 0.5) is 34.1 Å². The Morgan fingerprint density at radius 3 is 1.39 bits per heavy atom. The van der Waals surface area contributed by atoms with Crippen molar-refractivity contribution >= 4 is 40.2 Å². The van der Waals surface area contributed by atoms with Gasteiger partial charge >= 0.3 is 0 Å². The zero-order chi connectivity index (χ0) is 41.8. The number of anilines is 6.